The molecule has 0 fully saturated rings. The lowest BCUT2D eigenvalue weighted by atomic mass is 9.97. The topological polar surface area (TPSA) is 67.5 Å². The van der Waals surface area contributed by atoms with Crippen molar-refractivity contribution in [1.29, 1.82) is 0 Å². The molecule has 1 aliphatic rings. The molecule has 0 atom stereocenters. The van der Waals surface area contributed by atoms with E-state index in [9.17, 15) is 9.90 Å². The van der Waals surface area contributed by atoms with Gasteiger partial charge >= 0.3 is 0 Å². The smallest absolute Gasteiger partial charge is 0.282 e. The second kappa shape index (κ2) is 6.83. The van der Waals surface area contributed by atoms with Crippen LogP contribution in [0.25, 0.3) is 21.0 Å². The van der Waals surface area contributed by atoms with Gasteiger partial charge in [0.2, 0.25) is 0 Å². The number of rotatable bonds is 2. The normalized spacial score (nSPS) is 14.2. The number of hydrogen-bond donors (Lipinski definition) is 1. The highest BCUT2D eigenvalue weighted by Gasteiger charge is 2.20. The molecule has 0 radical (unpaired) electrons. The van der Waals surface area contributed by atoms with Crippen LogP contribution < -0.4 is 5.56 Å². The average molecular weight is 454 g/mol. The molecule has 0 saturated heterocycles. The number of aromatic nitrogens is 2. The predicted octanol–water partition coefficient (Wildman–Crippen LogP) is 4.84. The number of nitrogens with zero attached hydrogens (tertiary/aromatic N) is 3. The summed E-state index contributed by atoms with van der Waals surface area (Å²) in [6, 6.07) is 9.59. The van der Waals surface area contributed by atoms with Crippen LogP contribution in [0.1, 0.15) is 28.8 Å². The highest BCUT2D eigenvalue weighted by atomic mass is 79.9. The summed E-state index contributed by atoms with van der Waals surface area (Å²) in [6.45, 7) is 0. The molecule has 5 rings (SSSR count). The largest absolute Gasteiger partial charge is 0.506 e. The van der Waals surface area contributed by atoms with Gasteiger partial charge in [-0.15, -0.1) is 11.3 Å². The molecule has 2 heterocycles. The molecule has 0 spiro atoms. The third kappa shape index (κ3) is 2.77. The van der Waals surface area contributed by atoms with Crippen molar-refractivity contribution in [3.8, 4) is 5.75 Å². The van der Waals surface area contributed by atoms with Crippen molar-refractivity contribution in [2.45, 2.75) is 25.7 Å². The first-order chi connectivity index (χ1) is 13.6. The lowest BCUT2D eigenvalue weighted by Gasteiger charge is -2.10. The van der Waals surface area contributed by atoms with Gasteiger partial charge < -0.3 is 5.11 Å². The molecule has 0 bridgehead atoms. The van der Waals surface area contributed by atoms with E-state index in [1.807, 2.05) is 30.3 Å². The molecule has 0 aliphatic heterocycles. The second-order valence-electron chi connectivity index (χ2n) is 6.87. The summed E-state index contributed by atoms with van der Waals surface area (Å²) in [6.07, 6.45) is 7.21. The Morgan fingerprint density at radius 3 is 2.96 bits per heavy atom. The number of aromatic hydroxyl groups is 1. The van der Waals surface area contributed by atoms with Gasteiger partial charge in [0.05, 0.1) is 16.1 Å². The Labute approximate surface area is 173 Å². The van der Waals surface area contributed by atoms with Crippen LogP contribution >= 0.6 is 27.3 Å². The van der Waals surface area contributed by atoms with Crippen LogP contribution in [0, 0.1) is 0 Å². The van der Waals surface area contributed by atoms with E-state index < -0.39 is 0 Å². The highest BCUT2D eigenvalue weighted by Crippen LogP contribution is 2.34. The molecule has 0 saturated carbocycles. The minimum Gasteiger partial charge on any atom is -0.506 e. The Kier molecular flexibility index (Phi) is 4.29. The van der Waals surface area contributed by atoms with Crippen molar-refractivity contribution in [2.24, 2.45) is 5.10 Å². The SMILES string of the molecule is O=c1c2c3c(sc2ncn1/N=C\c1c(O)c(Br)cc2ccccc12)CCCC3. The molecule has 140 valence electrons. The minimum atomic E-state index is -0.153. The van der Waals surface area contributed by atoms with Crippen molar-refractivity contribution >= 4 is 54.5 Å². The maximum Gasteiger partial charge on any atom is 0.282 e. The van der Waals surface area contributed by atoms with Crippen LogP contribution in [0.15, 0.2) is 51.0 Å². The molecule has 5 nitrogen and oxygen atoms in total. The molecular formula is C21H16BrN3O2S. The number of fused-ring (bicyclic) bond motifs is 4. The first kappa shape index (κ1) is 17.6. The van der Waals surface area contributed by atoms with Gasteiger partial charge in [0.15, 0.2) is 0 Å². The number of hydrogen-bond acceptors (Lipinski definition) is 5. The van der Waals surface area contributed by atoms with E-state index in [0.29, 0.717) is 15.4 Å². The number of phenols is 1. The fourth-order valence-corrected chi connectivity index (χ4v) is 5.48. The second-order valence-corrected chi connectivity index (χ2v) is 8.81. The third-order valence-electron chi connectivity index (χ3n) is 5.18. The summed E-state index contributed by atoms with van der Waals surface area (Å²) >= 11 is 5.01. The monoisotopic (exact) mass is 453 g/mol. The van der Waals surface area contributed by atoms with Crippen molar-refractivity contribution in [3.05, 3.63) is 67.5 Å². The van der Waals surface area contributed by atoms with Crippen molar-refractivity contribution in [3.63, 3.8) is 0 Å². The van der Waals surface area contributed by atoms with Crippen LogP contribution in [-0.4, -0.2) is 21.0 Å². The number of phenolic OH excluding ortho intramolecular Hbond substituents is 1. The van der Waals surface area contributed by atoms with Crippen LogP contribution in [-0.2, 0) is 12.8 Å². The summed E-state index contributed by atoms with van der Waals surface area (Å²) in [5.41, 5.74) is 1.55. The van der Waals surface area contributed by atoms with Crippen LogP contribution in [0.2, 0.25) is 0 Å². The van der Waals surface area contributed by atoms with Crippen molar-refractivity contribution in [1.82, 2.24) is 9.66 Å². The zero-order chi connectivity index (χ0) is 19.3. The Morgan fingerprint density at radius 2 is 2.07 bits per heavy atom. The van der Waals surface area contributed by atoms with Gasteiger partial charge in [-0.1, -0.05) is 24.3 Å². The van der Waals surface area contributed by atoms with E-state index in [2.05, 4.69) is 26.0 Å². The minimum absolute atomic E-state index is 0.0949. The molecule has 2 aromatic heterocycles. The Balaban J connectivity index is 1.66. The van der Waals surface area contributed by atoms with E-state index >= 15 is 0 Å². The van der Waals surface area contributed by atoms with Crippen LogP contribution in [0.4, 0.5) is 0 Å². The first-order valence-electron chi connectivity index (χ1n) is 9.10. The van der Waals surface area contributed by atoms with E-state index in [-0.39, 0.29) is 11.3 Å². The fourth-order valence-electron chi connectivity index (χ4n) is 3.80. The lowest BCUT2D eigenvalue weighted by molar-refractivity contribution is 0.472. The third-order valence-corrected chi connectivity index (χ3v) is 6.99. The summed E-state index contributed by atoms with van der Waals surface area (Å²) in [4.78, 5) is 19.6. The van der Waals surface area contributed by atoms with E-state index in [1.54, 1.807) is 11.3 Å². The molecule has 0 amide bonds. The zero-order valence-electron chi connectivity index (χ0n) is 14.9. The van der Waals surface area contributed by atoms with Gasteiger partial charge in [0, 0.05) is 10.4 Å². The summed E-state index contributed by atoms with van der Waals surface area (Å²) in [5, 5.41) is 17.4. The maximum absolute atomic E-state index is 13.0. The van der Waals surface area contributed by atoms with Crippen molar-refractivity contribution in [2.75, 3.05) is 0 Å². The highest BCUT2D eigenvalue weighted by molar-refractivity contribution is 9.10. The fraction of sp³-hybridized carbons (Fsp3) is 0.190. The molecule has 28 heavy (non-hydrogen) atoms. The maximum atomic E-state index is 13.0. The van der Waals surface area contributed by atoms with Gasteiger partial charge in [0.25, 0.3) is 5.56 Å². The van der Waals surface area contributed by atoms with E-state index in [4.69, 9.17) is 0 Å². The molecule has 1 N–H and O–H groups in total. The lowest BCUT2D eigenvalue weighted by Crippen LogP contribution is -2.18. The number of thiophene rings is 1. The molecule has 4 aromatic rings. The summed E-state index contributed by atoms with van der Waals surface area (Å²) < 4.78 is 1.85. The van der Waals surface area contributed by atoms with Gasteiger partial charge in [-0.3, -0.25) is 4.79 Å². The van der Waals surface area contributed by atoms with Crippen LogP contribution in [0.3, 0.4) is 0 Å². The predicted molar refractivity (Wildman–Crippen MR) is 117 cm³/mol. The van der Waals surface area contributed by atoms with Gasteiger partial charge in [-0.25, -0.2) is 4.98 Å². The Bertz CT molecular complexity index is 1320. The average Bonchev–Trinajstić information content (AvgIpc) is 3.09. The zero-order valence-corrected chi connectivity index (χ0v) is 17.3. The molecule has 7 heteroatoms. The van der Waals surface area contributed by atoms with E-state index in [1.165, 1.54) is 28.5 Å². The van der Waals surface area contributed by atoms with Gasteiger partial charge in [-0.2, -0.15) is 9.78 Å². The van der Waals surface area contributed by atoms with Gasteiger partial charge in [0.1, 0.15) is 16.9 Å². The van der Waals surface area contributed by atoms with Gasteiger partial charge in [-0.05, 0) is 64.0 Å². The molecular weight excluding hydrogens is 438 g/mol. The molecule has 1 aliphatic carbocycles. The van der Waals surface area contributed by atoms with E-state index in [0.717, 1.165) is 40.4 Å². The van der Waals surface area contributed by atoms with Crippen molar-refractivity contribution < 1.29 is 5.11 Å². The number of halogens is 1. The number of aryl methyl sites for hydroxylation is 2. The summed E-state index contributed by atoms with van der Waals surface area (Å²) in [7, 11) is 0. The Morgan fingerprint density at radius 1 is 1.25 bits per heavy atom. The molecule has 2 aromatic carbocycles. The quantitative estimate of drug-likeness (QED) is 0.441. The number of benzene rings is 2. The standard InChI is InChI=1S/C21H16BrN3O2S/c22-16-9-12-5-1-2-6-13(12)15(19(16)26)10-24-25-11-23-20-18(21(25)27)14-7-3-4-8-17(14)28-20/h1-2,5-6,9-11,26H,3-4,7-8H2/b24-10-. The van der Waals surface area contributed by atoms with Crippen LogP contribution in [0.5, 0.6) is 5.75 Å². The Hall–Kier alpha value is -2.51. The first-order valence-corrected chi connectivity index (χ1v) is 10.7. The summed E-state index contributed by atoms with van der Waals surface area (Å²) in [5.74, 6) is 0.0949. The molecule has 0 unspecified atom stereocenters.